The minimum atomic E-state index is -4.16. The van der Waals surface area contributed by atoms with E-state index >= 15 is 0 Å². The third kappa shape index (κ3) is 3.63. The van der Waals surface area contributed by atoms with E-state index in [1.54, 1.807) is 13.2 Å². The third-order valence-electron chi connectivity index (χ3n) is 3.24. The van der Waals surface area contributed by atoms with Crippen molar-refractivity contribution < 1.29 is 17.9 Å². The molecule has 2 rings (SSSR count). The van der Waals surface area contributed by atoms with Gasteiger partial charge in [0.05, 0.1) is 7.11 Å². The molecule has 0 fully saturated rings. The first-order valence-electron chi connectivity index (χ1n) is 6.29. The fourth-order valence-electron chi connectivity index (χ4n) is 2.09. The molecule has 2 aromatic carbocycles. The molecule has 0 aliphatic heterocycles. The first-order valence-corrected chi connectivity index (χ1v) is 6.29. The monoisotopic (exact) mass is 283 g/mol. The maximum Gasteiger partial charge on any atom is 0.389 e. The van der Waals surface area contributed by atoms with Crippen LogP contribution in [0.2, 0.25) is 0 Å². The van der Waals surface area contributed by atoms with Crippen molar-refractivity contribution in [2.24, 2.45) is 5.73 Å². The van der Waals surface area contributed by atoms with Gasteiger partial charge in [-0.15, -0.1) is 0 Å². The van der Waals surface area contributed by atoms with Gasteiger partial charge in [0.25, 0.3) is 0 Å². The lowest BCUT2D eigenvalue weighted by atomic mass is 9.99. The van der Waals surface area contributed by atoms with Crippen LogP contribution in [0.5, 0.6) is 5.75 Å². The quantitative estimate of drug-likeness (QED) is 0.913. The smallest absolute Gasteiger partial charge is 0.389 e. The van der Waals surface area contributed by atoms with Crippen molar-refractivity contribution in [2.45, 2.75) is 25.1 Å². The first-order chi connectivity index (χ1) is 9.39. The molecule has 5 heteroatoms. The van der Waals surface area contributed by atoms with E-state index < -0.39 is 18.6 Å². The highest BCUT2D eigenvalue weighted by atomic mass is 19.4. The second-order valence-corrected chi connectivity index (χ2v) is 4.73. The molecule has 0 bridgehead atoms. The lowest BCUT2D eigenvalue weighted by molar-refractivity contribution is -0.136. The molecular formula is C15H16F3NO. The predicted molar refractivity (Wildman–Crippen MR) is 72.7 cm³/mol. The normalized spacial score (nSPS) is 13.4. The number of hydrogen-bond acceptors (Lipinski definition) is 2. The van der Waals surface area contributed by atoms with E-state index in [0.717, 1.165) is 16.5 Å². The number of methoxy groups -OCH3 is 1. The summed E-state index contributed by atoms with van der Waals surface area (Å²) in [4.78, 5) is 0. The van der Waals surface area contributed by atoms with Crippen molar-refractivity contribution in [3.63, 3.8) is 0 Å². The molecule has 0 spiro atoms. The van der Waals surface area contributed by atoms with Crippen LogP contribution in [0.4, 0.5) is 13.2 Å². The van der Waals surface area contributed by atoms with Crippen LogP contribution in [0.3, 0.4) is 0 Å². The van der Waals surface area contributed by atoms with Crippen molar-refractivity contribution >= 4 is 10.8 Å². The van der Waals surface area contributed by atoms with Crippen molar-refractivity contribution in [2.75, 3.05) is 7.11 Å². The van der Waals surface area contributed by atoms with Crippen LogP contribution in [-0.2, 0) is 0 Å². The Kier molecular flexibility index (Phi) is 4.18. The Balaban J connectivity index is 2.19. The lowest BCUT2D eigenvalue weighted by Crippen LogP contribution is -2.15. The van der Waals surface area contributed by atoms with Crippen LogP contribution < -0.4 is 10.5 Å². The van der Waals surface area contributed by atoms with E-state index in [0.29, 0.717) is 5.56 Å². The van der Waals surface area contributed by atoms with Gasteiger partial charge in [0, 0.05) is 12.5 Å². The number of alkyl halides is 3. The maximum atomic E-state index is 12.2. The van der Waals surface area contributed by atoms with Gasteiger partial charge in [0.15, 0.2) is 0 Å². The van der Waals surface area contributed by atoms with Crippen LogP contribution in [0.25, 0.3) is 10.8 Å². The molecule has 108 valence electrons. The summed E-state index contributed by atoms with van der Waals surface area (Å²) >= 11 is 0. The Hall–Kier alpha value is -1.75. The van der Waals surface area contributed by atoms with Crippen LogP contribution in [0.1, 0.15) is 24.4 Å². The Morgan fingerprint density at radius 1 is 1.10 bits per heavy atom. The Labute approximate surface area is 115 Å². The molecule has 1 atom stereocenters. The minimum absolute atomic E-state index is 0.106. The number of rotatable bonds is 4. The zero-order valence-corrected chi connectivity index (χ0v) is 11.1. The molecular weight excluding hydrogens is 267 g/mol. The molecule has 0 heterocycles. The summed E-state index contributed by atoms with van der Waals surface area (Å²) in [7, 11) is 1.59. The van der Waals surface area contributed by atoms with Crippen molar-refractivity contribution in [1.82, 2.24) is 0 Å². The topological polar surface area (TPSA) is 35.2 Å². The summed E-state index contributed by atoms with van der Waals surface area (Å²) < 4.78 is 41.7. The van der Waals surface area contributed by atoms with Crippen LogP contribution >= 0.6 is 0 Å². The van der Waals surface area contributed by atoms with Crippen LogP contribution in [-0.4, -0.2) is 13.3 Å². The fraction of sp³-hybridized carbons (Fsp3) is 0.333. The van der Waals surface area contributed by atoms with Gasteiger partial charge in [-0.05, 0) is 41.0 Å². The molecule has 20 heavy (non-hydrogen) atoms. The highest BCUT2D eigenvalue weighted by Gasteiger charge is 2.27. The Bertz CT molecular complexity index is 595. The Morgan fingerprint density at radius 2 is 1.75 bits per heavy atom. The van der Waals surface area contributed by atoms with E-state index in [9.17, 15) is 13.2 Å². The van der Waals surface area contributed by atoms with E-state index in [1.807, 2.05) is 30.3 Å². The highest BCUT2D eigenvalue weighted by molar-refractivity contribution is 5.84. The average Bonchev–Trinajstić information content (AvgIpc) is 2.42. The number of benzene rings is 2. The number of hydrogen-bond donors (Lipinski definition) is 1. The average molecular weight is 283 g/mol. The number of ether oxygens (including phenoxy) is 1. The van der Waals surface area contributed by atoms with Gasteiger partial charge in [-0.1, -0.05) is 18.2 Å². The van der Waals surface area contributed by atoms with Gasteiger partial charge in [-0.25, -0.2) is 0 Å². The molecule has 0 saturated heterocycles. The molecule has 2 nitrogen and oxygen atoms in total. The molecule has 0 aromatic heterocycles. The molecule has 2 N–H and O–H groups in total. The van der Waals surface area contributed by atoms with Crippen molar-refractivity contribution in [3.8, 4) is 5.75 Å². The van der Waals surface area contributed by atoms with Crippen molar-refractivity contribution in [3.05, 3.63) is 42.0 Å². The molecule has 0 unspecified atom stereocenters. The molecule has 0 saturated carbocycles. The third-order valence-corrected chi connectivity index (χ3v) is 3.24. The molecule has 2 aromatic rings. The predicted octanol–water partition coefficient (Wildman–Crippen LogP) is 4.19. The van der Waals surface area contributed by atoms with Crippen LogP contribution in [0.15, 0.2) is 36.4 Å². The SMILES string of the molecule is COc1ccc2cc([C@@H](N)CCC(F)(F)F)ccc2c1. The van der Waals surface area contributed by atoms with E-state index in [4.69, 9.17) is 10.5 Å². The van der Waals surface area contributed by atoms with Gasteiger partial charge in [-0.2, -0.15) is 13.2 Å². The fourth-order valence-corrected chi connectivity index (χ4v) is 2.09. The summed E-state index contributed by atoms with van der Waals surface area (Å²) in [5.41, 5.74) is 6.54. The largest absolute Gasteiger partial charge is 0.497 e. The summed E-state index contributed by atoms with van der Waals surface area (Å²) in [6.45, 7) is 0. The second-order valence-electron chi connectivity index (χ2n) is 4.73. The second kappa shape index (κ2) is 5.71. The van der Waals surface area contributed by atoms with Crippen LogP contribution in [0, 0.1) is 0 Å². The minimum Gasteiger partial charge on any atom is -0.497 e. The molecule has 0 amide bonds. The van der Waals surface area contributed by atoms with Gasteiger partial charge >= 0.3 is 6.18 Å². The number of halogens is 3. The summed E-state index contributed by atoms with van der Waals surface area (Å²) in [5, 5.41) is 1.90. The number of nitrogens with two attached hydrogens (primary N) is 1. The van der Waals surface area contributed by atoms with Gasteiger partial charge in [0.2, 0.25) is 0 Å². The van der Waals surface area contributed by atoms with Gasteiger partial charge in [0.1, 0.15) is 5.75 Å². The standard InChI is InChI=1S/C15H16F3NO/c1-20-13-5-4-10-8-12(3-2-11(10)9-13)14(19)6-7-15(16,17)18/h2-5,8-9,14H,6-7,19H2,1H3/t14-/m0/s1. The van der Waals surface area contributed by atoms with Gasteiger partial charge in [-0.3, -0.25) is 0 Å². The lowest BCUT2D eigenvalue weighted by Gasteiger charge is -2.14. The van der Waals surface area contributed by atoms with Crippen molar-refractivity contribution in [1.29, 1.82) is 0 Å². The number of fused-ring (bicyclic) bond motifs is 1. The summed E-state index contributed by atoms with van der Waals surface area (Å²) in [5.74, 6) is 0.742. The summed E-state index contributed by atoms with van der Waals surface area (Å²) in [6.07, 6.45) is -5.14. The maximum absolute atomic E-state index is 12.2. The Morgan fingerprint density at radius 3 is 2.40 bits per heavy atom. The zero-order valence-electron chi connectivity index (χ0n) is 11.1. The molecule has 0 radical (unpaired) electrons. The summed E-state index contributed by atoms with van der Waals surface area (Å²) in [6, 6.07) is 10.4. The zero-order chi connectivity index (χ0) is 14.8. The molecule has 0 aliphatic rings. The molecule has 0 aliphatic carbocycles. The highest BCUT2D eigenvalue weighted by Crippen LogP contribution is 2.28. The van der Waals surface area contributed by atoms with Gasteiger partial charge < -0.3 is 10.5 Å². The van der Waals surface area contributed by atoms with E-state index in [2.05, 4.69) is 0 Å². The first kappa shape index (κ1) is 14.7. The van der Waals surface area contributed by atoms with E-state index in [1.165, 1.54) is 0 Å². The van der Waals surface area contributed by atoms with E-state index in [-0.39, 0.29) is 6.42 Å².